The van der Waals surface area contributed by atoms with Crippen LogP contribution in [0.5, 0.6) is 0 Å². The van der Waals surface area contributed by atoms with Gasteiger partial charge in [-0.2, -0.15) is 0 Å². The van der Waals surface area contributed by atoms with E-state index in [-0.39, 0.29) is 0 Å². The lowest BCUT2D eigenvalue weighted by molar-refractivity contribution is 0.437. The van der Waals surface area contributed by atoms with Gasteiger partial charge in [0, 0.05) is 0 Å². The topological polar surface area (TPSA) is 20.2 Å². The van der Waals surface area contributed by atoms with Crippen molar-refractivity contribution >= 4 is 6.08 Å². The Morgan fingerprint density at radius 1 is 1.19 bits per heavy atom. The van der Waals surface area contributed by atoms with Crippen LogP contribution in [-0.4, -0.2) is 5.11 Å². The molecule has 0 aliphatic carbocycles. The van der Waals surface area contributed by atoms with Crippen molar-refractivity contribution in [1.82, 2.24) is 0 Å². The molecule has 16 heavy (non-hydrogen) atoms. The first-order chi connectivity index (χ1) is 7.83. The highest BCUT2D eigenvalue weighted by atomic mass is 16.3. The van der Waals surface area contributed by atoms with E-state index < -0.39 is 0 Å². The summed E-state index contributed by atoms with van der Waals surface area (Å²) in [7, 11) is 0. The molecule has 0 radical (unpaired) electrons. The van der Waals surface area contributed by atoms with Gasteiger partial charge in [0.25, 0.3) is 0 Å². The fraction of sp³-hybridized carbons (Fsp3) is 0.200. The monoisotopic (exact) mass is 214 g/mol. The average Bonchev–Trinajstić information content (AvgIpc) is 2.30. The molecule has 0 bridgehead atoms. The third kappa shape index (κ3) is 5.20. The molecule has 0 aliphatic heterocycles. The van der Waals surface area contributed by atoms with Crippen LogP contribution in [-0.2, 0) is 0 Å². The van der Waals surface area contributed by atoms with E-state index in [0.29, 0.717) is 5.76 Å². The van der Waals surface area contributed by atoms with Crippen LogP contribution in [0.25, 0.3) is 6.08 Å². The van der Waals surface area contributed by atoms with Crippen LogP contribution in [0.4, 0.5) is 0 Å². The second kappa shape index (κ2) is 7.52. The van der Waals surface area contributed by atoms with Crippen LogP contribution in [0.15, 0.2) is 60.9 Å². The van der Waals surface area contributed by atoms with Gasteiger partial charge >= 0.3 is 0 Å². The summed E-state index contributed by atoms with van der Waals surface area (Å²) in [5.74, 6) is 0.296. The molecule has 0 spiro atoms. The quantitative estimate of drug-likeness (QED) is 0.320. The number of rotatable bonds is 6. The highest BCUT2D eigenvalue weighted by Crippen LogP contribution is 2.06. The first kappa shape index (κ1) is 12.3. The number of hydrogen-bond donors (Lipinski definition) is 1. The van der Waals surface area contributed by atoms with E-state index in [1.54, 1.807) is 12.2 Å². The normalized spacial score (nSPS) is 11.9. The highest BCUT2D eigenvalue weighted by molar-refractivity contribution is 5.53. The summed E-state index contributed by atoms with van der Waals surface area (Å²) in [6.07, 6.45) is 10.5. The van der Waals surface area contributed by atoms with E-state index in [2.05, 4.69) is 6.58 Å². The molecule has 84 valence electrons. The van der Waals surface area contributed by atoms with Gasteiger partial charge in [0.1, 0.15) is 5.76 Å². The molecule has 0 amide bonds. The molecule has 0 saturated carbocycles. The number of benzene rings is 1. The average molecular weight is 214 g/mol. The molecular weight excluding hydrogens is 196 g/mol. The molecule has 0 fully saturated rings. The van der Waals surface area contributed by atoms with Gasteiger partial charge < -0.3 is 5.11 Å². The molecule has 0 aromatic heterocycles. The summed E-state index contributed by atoms with van der Waals surface area (Å²) in [4.78, 5) is 0. The molecule has 0 unspecified atom stereocenters. The number of allylic oxidation sites excluding steroid dienone is 3. The largest absolute Gasteiger partial charge is 0.508 e. The summed E-state index contributed by atoms with van der Waals surface area (Å²) in [5.41, 5.74) is 1.01. The summed E-state index contributed by atoms with van der Waals surface area (Å²) in [6, 6.07) is 9.78. The number of hydrogen-bond acceptors (Lipinski definition) is 1. The lowest BCUT2D eigenvalue weighted by Crippen LogP contribution is -1.76. The smallest absolute Gasteiger partial charge is 0.115 e. The maximum Gasteiger partial charge on any atom is 0.115 e. The Balaban J connectivity index is 2.42. The number of unbranched alkanes of at least 4 members (excludes halogenated alkanes) is 2. The van der Waals surface area contributed by atoms with Crippen molar-refractivity contribution in [2.24, 2.45) is 0 Å². The van der Waals surface area contributed by atoms with Gasteiger partial charge in [0.15, 0.2) is 0 Å². The Kier molecular flexibility index (Phi) is 5.79. The summed E-state index contributed by atoms with van der Waals surface area (Å²) < 4.78 is 0. The minimum absolute atomic E-state index is 0.296. The van der Waals surface area contributed by atoms with Crippen molar-refractivity contribution in [3.05, 3.63) is 66.5 Å². The molecule has 0 atom stereocenters. The SMILES string of the molecule is C=CCCCC=CC(O)=Cc1ccccc1. The predicted molar refractivity (Wildman–Crippen MR) is 70.2 cm³/mol. The van der Waals surface area contributed by atoms with E-state index in [4.69, 9.17) is 0 Å². The Bertz CT molecular complexity index is 360. The van der Waals surface area contributed by atoms with Crippen molar-refractivity contribution < 1.29 is 5.11 Å². The lowest BCUT2D eigenvalue weighted by atomic mass is 10.2. The Morgan fingerprint density at radius 3 is 2.62 bits per heavy atom. The van der Waals surface area contributed by atoms with Crippen LogP contribution >= 0.6 is 0 Å². The highest BCUT2D eigenvalue weighted by Gasteiger charge is 1.88. The number of aliphatic hydroxyl groups excluding tert-OH is 1. The molecule has 1 aromatic rings. The van der Waals surface area contributed by atoms with Gasteiger partial charge in [-0.25, -0.2) is 0 Å². The third-order valence-electron chi connectivity index (χ3n) is 2.18. The first-order valence-electron chi connectivity index (χ1n) is 5.56. The van der Waals surface area contributed by atoms with Gasteiger partial charge in [0.2, 0.25) is 0 Å². The molecule has 0 aliphatic rings. The van der Waals surface area contributed by atoms with Crippen LogP contribution < -0.4 is 0 Å². The Morgan fingerprint density at radius 2 is 1.94 bits per heavy atom. The van der Waals surface area contributed by atoms with Gasteiger partial charge in [-0.15, -0.1) is 6.58 Å². The van der Waals surface area contributed by atoms with Crippen molar-refractivity contribution in [3.8, 4) is 0 Å². The standard InChI is InChI=1S/C15H18O/c1-2-3-4-5-9-12-15(16)13-14-10-7-6-8-11-14/h2,6-13,16H,1,3-5H2. The summed E-state index contributed by atoms with van der Waals surface area (Å²) in [5, 5.41) is 9.61. The van der Waals surface area contributed by atoms with Gasteiger partial charge in [-0.3, -0.25) is 0 Å². The molecule has 1 N–H and O–H groups in total. The molecule has 0 heterocycles. The minimum atomic E-state index is 0.296. The zero-order valence-electron chi connectivity index (χ0n) is 9.47. The molecule has 1 aromatic carbocycles. The molecule has 1 rings (SSSR count). The van der Waals surface area contributed by atoms with E-state index in [0.717, 1.165) is 24.8 Å². The molecule has 1 heteroatoms. The zero-order chi connectivity index (χ0) is 11.6. The molecular formula is C15H18O. The van der Waals surface area contributed by atoms with E-state index in [1.807, 2.05) is 42.5 Å². The van der Waals surface area contributed by atoms with Gasteiger partial charge in [0.05, 0.1) is 0 Å². The zero-order valence-corrected chi connectivity index (χ0v) is 9.47. The van der Waals surface area contributed by atoms with E-state index >= 15 is 0 Å². The second-order valence-electron chi connectivity index (χ2n) is 3.60. The van der Waals surface area contributed by atoms with E-state index in [1.165, 1.54) is 0 Å². The fourth-order valence-corrected chi connectivity index (χ4v) is 1.35. The van der Waals surface area contributed by atoms with Crippen molar-refractivity contribution in [3.63, 3.8) is 0 Å². The van der Waals surface area contributed by atoms with Gasteiger partial charge in [-0.1, -0.05) is 42.5 Å². The molecule has 1 nitrogen and oxygen atoms in total. The van der Waals surface area contributed by atoms with Gasteiger partial charge in [-0.05, 0) is 37.0 Å². The van der Waals surface area contributed by atoms with Crippen LogP contribution in [0.1, 0.15) is 24.8 Å². The second-order valence-corrected chi connectivity index (χ2v) is 3.60. The fourth-order valence-electron chi connectivity index (χ4n) is 1.35. The lowest BCUT2D eigenvalue weighted by Gasteiger charge is -1.94. The molecule has 0 saturated heterocycles. The summed E-state index contributed by atoms with van der Waals surface area (Å²) in [6.45, 7) is 3.66. The van der Waals surface area contributed by atoms with Crippen molar-refractivity contribution in [2.75, 3.05) is 0 Å². The van der Waals surface area contributed by atoms with Crippen molar-refractivity contribution in [2.45, 2.75) is 19.3 Å². The van der Waals surface area contributed by atoms with Crippen LogP contribution in [0, 0.1) is 0 Å². The van der Waals surface area contributed by atoms with E-state index in [9.17, 15) is 5.11 Å². The predicted octanol–water partition coefficient (Wildman–Crippen LogP) is 4.50. The Labute approximate surface area is 97.4 Å². The minimum Gasteiger partial charge on any atom is -0.508 e. The maximum atomic E-state index is 9.61. The Hall–Kier alpha value is -1.76. The number of aliphatic hydroxyl groups is 1. The third-order valence-corrected chi connectivity index (χ3v) is 2.18. The van der Waals surface area contributed by atoms with Crippen LogP contribution in [0.2, 0.25) is 0 Å². The first-order valence-corrected chi connectivity index (χ1v) is 5.56. The van der Waals surface area contributed by atoms with Crippen molar-refractivity contribution in [1.29, 1.82) is 0 Å². The maximum absolute atomic E-state index is 9.61. The van der Waals surface area contributed by atoms with Crippen LogP contribution in [0.3, 0.4) is 0 Å². The summed E-state index contributed by atoms with van der Waals surface area (Å²) >= 11 is 0.